The highest BCUT2D eigenvalue weighted by Crippen LogP contribution is 2.36. The van der Waals surface area contributed by atoms with Crippen LogP contribution >= 0.6 is 11.8 Å². The number of ether oxygens (including phenoxy) is 1. The Labute approximate surface area is 161 Å². The van der Waals surface area contributed by atoms with E-state index in [4.69, 9.17) is 9.84 Å². The molecule has 1 N–H and O–H groups in total. The van der Waals surface area contributed by atoms with Crippen LogP contribution in [0.2, 0.25) is 0 Å². The van der Waals surface area contributed by atoms with Crippen molar-refractivity contribution in [1.29, 1.82) is 0 Å². The molecule has 0 saturated heterocycles. The van der Waals surface area contributed by atoms with Crippen molar-refractivity contribution in [2.45, 2.75) is 25.4 Å². The SMILES string of the molecule is COc1nn(C)cc1C(=O)Nc1c2c(nn1-c1ccc(C)c(C)c1)CSC2. The van der Waals surface area contributed by atoms with Crippen LogP contribution in [0, 0.1) is 13.8 Å². The third-order valence-electron chi connectivity index (χ3n) is 4.75. The van der Waals surface area contributed by atoms with Crippen molar-refractivity contribution < 1.29 is 9.53 Å². The lowest BCUT2D eigenvalue weighted by atomic mass is 10.1. The van der Waals surface area contributed by atoms with Crippen molar-refractivity contribution in [2.24, 2.45) is 7.05 Å². The van der Waals surface area contributed by atoms with Crippen molar-refractivity contribution in [2.75, 3.05) is 12.4 Å². The van der Waals surface area contributed by atoms with Gasteiger partial charge in [-0.15, -0.1) is 5.10 Å². The van der Waals surface area contributed by atoms with Gasteiger partial charge in [0.15, 0.2) is 0 Å². The van der Waals surface area contributed by atoms with Crippen LogP contribution in [0.3, 0.4) is 0 Å². The van der Waals surface area contributed by atoms with Crippen LogP contribution in [0.25, 0.3) is 5.69 Å². The Morgan fingerprint density at radius 2 is 2.04 bits per heavy atom. The molecule has 2 aromatic heterocycles. The zero-order chi connectivity index (χ0) is 19.1. The molecule has 27 heavy (non-hydrogen) atoms. The van der Waals surface area contributed by atoms with Gasteiger partial charge >= 0.3 is 0 Å². The third kappa shape index (κ3) is 3.10. The summed E-state index contributed by atoms with van der Waals surface area (Å²) in [4.78, 5) is 12.9. The van der Waals surface area contributed by atoms with Gasteiger partial charge in [0.2, 0.25) is 5.88 Å². The zero-order valence-corrected chi connectivity index (χ0v) is 16.6. The second kappa shape index (κ2) is 6.77. The Hall–Kier alpha value is -2.74. The number of carbonyl (C=O) groups is 1. The minimum Gasteiger partial charge on any atom is -0.479 e. The minimum atomic E-state index is -0.260. The molecule has 0 spiro atoms. The van der Waals surface area contributed by atoms with Crippen LogP contribution < -0.4 is 10.1 Å². The lowest BCUT2D eigenvalue weighted by molar-refractivity contribution is 0.102. The van der Waals surface area contributed by atoms with Crippen LogP contribution in [0.1, 0.15) is 32.7 Å². The molecule has 0 bridgehead atoms. The summed E-state index contributed by atoms with van der Waals surface area (Å²) in [7, 11) is 3.26. The molecule has 3 heterocycles. The van der Waals surface area contributed by atoms with Crippen molar-refractivity contribution in [3.8, 4) is 11.6 Å². The molecule has 1 aliphatic heterocycles. The lowest BCUT2D eigenvalue weighted by Gasteiger charge is -2.12. The number of fused-ring (bicyclic) bond motifs is 1. The molecule has 8 heteroatoms. The maximum Gasteiger partial charge on any atom is 0.263 e. The Morgan fingerprint density at radius 1 is 1.22 bits per heavy atom. The number of aromatic nitrogens is 4. The molecule has 0 aliphatic carbocycles. The van der Waals surface area contributed by atoms with E-state index in [9.17, 15) is 4.79 Å². The van der Waals surface area contributed by atoms with E-state index < -0.39 is 0 Å². The van der Waals surface area contributed by atoms with Crippen molar-refractivity contribution in [3.63, 3.8) is 0 Å². The fraction of sp³-hybridized carbons (Fsp3) is 0.316. The van der Waals surface area contributed by atoms with Crippen LogP contribution in [0.4, 0.5) is 5.82 Å². The first-order chi connectivity index (χ1) is 13.0. The second-order valence-corrected chi connectivity index (χ2v) is 7.61. The Morgan fingerprint density at radius 3 is 2.78 bits per heavy atom. The summed E-state index contributed by atoms with van der Waals surface area (Å²) in [6, 6.07) is 6.19. The topological polar surface area (TPSA) is 74.0 Å². The standard InChI is InChI=1S/C19H21N5O2S/c1-11-5-6-13(7-12(11)2)24-17(15-9-27-10-16(15)21-24)20-18(25)14-8-23(3)22-19(14)26-4/h5-8H,9-10H2,1-4H3,(H,20,25). The number of benzene rings is 1. The van der Waals surface area contributed by atoms with E-state index in [2.05, 4.69) is 36.4 Å². The van der Waals surface area contributed by atoms with E-state index in [0.717, 1.165) is 28.5 Å². The van der Waals surface area contributed by atoms with Gasteiger partial charge in [0.05, 0.1) is 18.5 Å². The van der Waals surface area contributed by atoms with Gasteiger partial charge in [-0.2, -0.15) is 16.9 Å². The summed E-state index contributed by atoms with van der Waals surface area (Å²) in [5.41, 5.74) is 5.84. The summed E-state index contributed by atoms with van der Waals surface area (Å²) in [6.45, 7) is 4.15. The fourth-order valence-electron chi connectivity index (χ4n) is 3.14. The summed E-state index contributed by atoms with van der Waals surface area (Å²) in [5, 5.41) is 12.0. The number of hydrogen-bond donors (Lipinski definition) is 1. The molecule has 3 aromatic rings. The van der Waals surface area contributed by atoms with Crippen molar-refractivity contribution in [1.82, 2.24) is 19.6 Å². The number of aryl methyl sites for hydroxylation is 3. The average molecular weight is 383 g/mol. The van der Waals surface area contributed by atoms with Crippen molar-refractivity contribution in [3.05, 3.63) is 52.3 Å². The molecule has 4 rings (SSSR count). The average Bonchev–Trinajstić information content (AvgIpc) is 3.33. The lowest BCUT2D eigenvalue weighted by Crippen LogP contribution is -2.16. The number of anilines is 1. The first-order valence-electron chi connectivity index (χ1n) is 8.63. The number of nitrogens with zero attached hydrogens (tertiary/aromatic N) is 4. The minimum absolute atomic E-state index is 0.260. The van der Waals surface area contributed by atoms with E-state index >= 15 is 0 Å². The van der Waals surface area contributed by atoms with Gasteiger partial charge in [-0.25, -0.2) is 4.68 Å². The molecule has 0 radical (unpaired) electrons. The zero-order valence-electron chi connectivity index (χ0n) is 15.7. The molecule has 0 fully saturated rings. The van der Waals surface area contributed by atoms with Crippen molar-refractivity contribution >= 4 is 23.5 Å². The first-order valence-corrected chi connectivity index (χ1v) is 9.78. The number of nitrogens with one attached hydrogen (secondary N) is 1. The summed E-state index contributed by atoms with van der Waals surface area (Å²) in [5.74, 6) is 2.45. The summed E-state index contributed by atoms with van der Waals surface area (Å²) >= 11 is 1.80. The van der Waals surface area contributed by atoms with Gasteiger partial charge in [-0.05, 0) is 37.1 Å². The van der Waals surface area contributed by atoms with Gasteiger partial charge in [0, 0.05) is 30.3 Å². The molecule has 0 unspecified atom stereocenters. The monoisotopic (exact) mass is 383 g/mol. The Balaban J connectivity index is 1.75. The van der Waals surface area contributed by atoms with Crippen LogP contribution in [0.15, 0.2) is 24.4 Å². The van der Waals surface area contributed by atoms with Crippen LogP contribution in [-0.2, 0) is 18.6 Å². The van der Waals surface area contributed by atoms with E-state index in [-0.39, 0.29) is 5.91 Å². The number of rotatable bonds is 4. The third-order valence-corrected chi connectivity index (χ3v) is 5.72. The highest BCUT2D eigenvalue weighted by atomic mass is 32.2. The molecule has 0 atom stereocenters. The number of methoxy groups -OCH3 is 1. The van der Waals surface area contributed by atoms with E-state index in [0.29, 0.717) is 17.3 Å². The van der Waals surface area contributed by atoms with Gasteiger partial charge in [0.1, 0.15) is 11.4 Å². The van der Waals surface area contributed by atoms with Crippen LogP contribution in [-0.4, -0.2) is 32.6 Å². The maximum absolute atomic E-state index is 12.9. The second-order valence-electron chi connectivity index (χ2n) is 6.63. The molecular weight excluding hydrogens is 362 g/mol. The molecular formula is C19H21N5O2S. The van der Waals surface area contributed by atoms with Gasteiger partial charge < -0.3 is 10.1 Å². The highest BCUT2D eigenvalue weighted by molar-refractivity contribution is 7.98. The quantitative estimate of drug-likeness (QED) is 0.749. The van der Waals surface area contributed by atoms with Crippen LogP contribution in [0.5, 0.6) is 5.88 Å². The Kier molecular flexibility index (Phi) is 4.43. The molecule has 0 saturated carbocycles. The van der Waals surface area contributed by atoms with E-state index in [1.54, 1.807) is 29.7 Å². The smallest absolute Gasteiger partial charge is 0.263 e. The molecule has 1 amide bonds. The molecule has 140 valence electrons. The predicted molar refractivity (Wildman–Crippen MR) is 106 cm³/mol. The van der Waals surface area contributed by atoms with Gasteiger partial charge in [-0.3, -0.25) is 9.48 Å². The number of carbonyl (C=O) groups excluding carboxylic acids is 1. The molecule has 1 aromatic carbocycles. The fourth-order valence-corrected chi connectivity index (χ4v) is 4.17. The maximum atomic E-state index is 12.9. The molecule has 1 aliphatic rings. The normalized spacial score (nSPS) is 12.9. The first kappa shape index (κ1) is 17.7. The number of amides is 1. The number of thioether (sulfide) groups is 1. The Bertz CT molecular complexity index is 1040. The molecule has 7 nitrogen and oxygen atoms in total. The number of hydrogen-bond acceptors (Lipinski definition) is 5. The van der Waals surface area contributed by atoms with Gasteiger partial charge in [0.25, 0.3) is 5.91 Å². The summed E-state index contributed by atoms with van der Waals surface area (Å²) in [6.07, 6.45) is 1.65. The van der Waals surface area contributed by atoms with E-state index in [1.807, 2.05) is 10.7 Å². The summed E-state index contributed by atoms with van der Waals surface area (Å²) < 4.78 is 8.62. The largest absolute Gasteiger partial charge is 0.479 e. The van der Waals surface area contributed by atoms with Gasteiger partial charge in [-0.1, -0.05) is 6.07 Å². The predicted octanol–water partition coefficient (Wildman–Crippen LogP) is 3.23. The van der Waals surface area contributed by atoms with E-state index in [1.165, 1.54) is 18.2 Å². The highest BCUT2D eigenvalue weighted by Gasteiger charge is 2.26.